The summed E-state index contributed by atoms with van der Waals surface area (Å²) in [6, 6.07) is 8.59. The molecule has 2 aromatic heterocycles. The van der Waals surface area contributed by atoms with Crippen molar-refractivity contribution in [1.29, 1.82) is 0 Å². The summed E-state index contributed by atoms with van der Waals surface area (Å²) < 4.78 is 4.02. The third-order valence-electron chi connectivity index (χ3n) is 5.30. The van der Waals surface area contributed by atoms with Gasteiger partial charge in [0.05, 0.1) is 30.0 Å². The Labute approximate surface area is 134 Å². The van der Waals surface area contributed by atoms with Crippen molar-refractivity contribution in [3.8, 4) is 11.3 Å². The summed E-state index contributed by atoms with van der Waals surface area (Å²) in [6.45, 7) is 0. The summed E-state index contributed by atoms with van der Waals surface area (Å²) in [6.07, 6.45) is 7.22. The Morgan fingerprint density at radius 3 is 3.04 bits per heavy atom. The van der Waals surface area contributed by atoms with Gasteiger partial charge in [-0.25, -0.2) is 4.98 Å². The number of aromatic nitrogens is 4. The molecule has 116 valence electrons. The molecule has 5 heteroatoms. The molecule has 1 aromatic carbocycles. The van der Waals surface area contributed by atoms with Gasteiger partial charge >= 0.3 is 0 Å². The molecule has 1 aliphatic heterocycles. The molecule has 0 spiro atoms. The topological polar surface area (TPSA) is 55.9 Å². The third kappa shape index (κ3) is 1.71. The van der Waals surface area contributed by atoms with E-state index < -0.39 is 6.10 Å². The number of benzene rings is 1. The van der Waals surface area contributed by atoms with Crippen LogP contribution in [0.4, 0.5) is 0 Å². The first-order valence-corrected chi connectivity index (χ1v) is 8.05. The predicted octanol–water partition coefficient (Wildman–Crippen LogP) is 2.48. The molecule has 5 nitrogen and oxygen atoms in total. The number of aliphatic hydroxyl groups is 1. The van der Waals surface area contributed by atoms with Crippen molar-refractivity contribution in [2.24, 2.45) is 13.0 Å². The summed E-state index contributed by atoms with van der Waals surface area (Å²) in [5, 5.41) is 15.5. The zero-order valence-corrected chi connectivity index (χ0v) is 12.9. The highest BCUT2D eigenvalue weighted by atomic mass is 16.3. The fraction of sp³-hybridized carbons (Fsp3) is 0.333. The minimum atomic E-state index is -0.536. The van der Waals surface area contributed by atoms with Gasteiger partial charge in [-0.3, -0.25) is 4.68 Å². The van der Waals surface area contributed by atoms with Gasteiger partial charge in [0.2, 0.25) is 0 Å². The summed E-state index contributed by atoms with van der Waals surface area (Å²) in [5.74, 6) is 0.119. The average molecular weight is 306 g/mol. The second kappa shape index (κ2) is 4.55. The molecule has 3 atom stereocenters. The quantitative estimate of drug-likeness (QED) is 0.751. The molecule has 0 unspecified atom stereocenters. The molecular weight excluding hydrogens is 288 g/mol. The predicted molar refractivity (Wildman–Crippen MR) is 85.8 cm³/mol. The van der Waals surface area contributed by atoms with E-state index >= 15 is 0 Å². The first kappa shape index (κ1) is 13.1. The second-order valence-electron chi connectivity index (χ2n) is 6.58. The standard InChI is InChI=1S/C18H18N4O/c1-21-9-11-6-7-14(18(23)16(11)20-21)17-13-5-3-2-4-12(13)15-8-19-10-22(15)17/h2-5,8-10,14,17-18,23H,6-7H2,1H3/t14-,17+,18+/m1/s1. The van der Waals surface area contributed by atoms with Crippen LogP contribution in [-0.4, -0.2) is 24.4 Å². The van der Waals surface area contributed by atoms with Crippen LogP contribution < -0.4 is 0 Å². The molecule has 0 radical (unpaired) electrons. The Bertz CT molecular complexity index is 894. The molecule has 0 saturated heterocycles. The molecule has 1 aliphatic carbocycles. The van der Waals surface area contributed by atoms with Crippen LogP contribution in [0, 0.1) is 5.92 Å². The highest BCUT2D eigenvalue weighted by molar-refractivity contribution is 5.69. The normalized spacial score (nSPS) is 25.0. The van der Waals surface area contributed by atoms with E-state index in [2.05, 4.69) is 38.9 Å². The van der Waals surface area contributed by atoms with Crippen molar-refractivity contribution in [3.63, 3.8) is 0 Å². The first-order valence-electron chi connectivity index (χ1n) is 8.05. The Balaban J connectivity index is 1.63. The summed E-state index contributed by atoms with van der Waals surface area (Å²) in [4.78, 5) is 4.32. The van der Waals surface area contributed by atoms with Gasteiger partial charge in [0.25, 0.3) is 0 Å². The maximum atomic E-state index is 11.0. The fourth-order valence-electron chi connectivity index (χ4n) is 4.32. The molecule has 0 amide bonds. The summed E-state index contributed by atoms with van der Waals surface area (Å²) >= 11 is 0. The number of imidazole rings is 1. The van der Waals surface area contributed by atoms with Gasteiger partial charge in [-0.05, 0) is 24.0 Å². The van der Waals surface area contributed by atoms with E-state index in [0.29, 0.717) is 0 Å². The van der Waals surface area contributed by atoms with Crippen LogP contribution in [0.25, 0.3) is 11.3 Å². The molecule has 1 N–H and O–H groups in total. The Kier molecular flexibility index (Phi) is 2.59. The van der Waals surface area contributed by atoms with Crippen LogP contribution in [0.5, 0.6) is 0 Å². The van der Waals surface area contributed by atoms with Gasteiger partial charge in [0.15, 0.2) is 0 Å². The van der Waals surface area contributed by atoms with Crippen molar-refractivity contribution < 1.29 is 5.11 Å². The van der Waals surface area contributed by atoms with Gasteiger partial charge in [0, 0.05) is 24.7 Å². The van der Waals surface area contributed by atoms with Crippen molar-refractivity contribution in [2.75, 3.05) is 0 Å². The van der Waals surface area contributed by atoms with Crippen molar-refractivity contribution >= 4 is 0 Å². The van der Waals surface area contributed by atoms with Gasteiger partial charge in [-0.1, -0.05) is 24.3 Å². The molecule has 0 bridgehead atoms. The molecule has 23 heavy (non-hydrogen) atoms. The maximum absolute atomic E-state index is 11.0. The van der Waals surface area contributed by atoms with Crippen LogP contribution in [0.2, 0.25) is 0 Å². The second-order valence-corrected chi connectivity index (χ2v) is 6.58. The highest BCUT2D eigenvalue weighted by Gasteiger charge is 2.41. The van der Waals surface area contributed by atoms with E-state index in [1.165, 1.54) is 16.7 Å². The van der Waals surface area contributed by atoms with Crippen LogP contribution in [0.1, 0.15) is 35.4 Å². The number of hydrogen-bond acceptors (Lipinski definition) is 3. The Morgan fingerprint density at radius 1 is 1.26 bits per heavy atom. The molecule has 5 rings (SSSR count). The van der Waals surface area contributed by atoms with Crippen molar-refractivity contribution in [2.45, 2.75) is 25.0 Å². The summed E-state index contributed by atoms with van der Waals surface area (Å²) in [7, 11) is 1.92. The van der Waals surface area contributed by atoms with Crippen LogP contribution in [0.15, 0.2) is 43.0 Å². The number of hydrogen-bond donors (Lipinski definition) is 1. The van der Waals surface area contributed by atoms with Crippen LogP contribution in [-0.2, 0) is 13.5 Å². The van der Waals surface area contributed by atoms with Gasteiger partial charge in [-0.2, -0.15) is 5.10 Å². The number of nitrogens with zero attached hydrogens (tertiary/aromatic N) is 4. The maximum Gasteiger partial charge on any atom is 0.103 e. The summed E-state index contributed by atoms with van der Waals surface area (Å²) in [5.41, 5.74) is 5.68. The molecule has 3 aromatic rings. The Hall–Kier alpha value is -2.40. The lowest BCUT2D eigenvalue weighted by molar-refractivity contribution is 0.0681. The minimum absolute atomic E-state index is 0.119. The molecule has 0 fully saturated rings. The van der Waals surface area contributed by atoms with Gasteiger partial charge < -0.3 is 9.67 Å². The smallest absolute Gasteiger partial charge is 0.103 e. The lowest BCUT2D eigenvalue weighted by Gasteiger charge is -2.33. The fourth-order valence-corrected chi connectivity index (χ4v) is 4.32. The number of rotatable bonds is 1. The molecule has 2 aliphatic rings. The van der Waals surface area contributed by atoms with Crippen LogP contribution >= 0.6 is 0 Å². The van der Waals surface area contributed by atoms with E-state index in [1.54, 1.807) is 0 Å². The number of fused-ring (bicyclic) bond motifs is 4. The van der Waals surface area contributed by atoms with E-state index in [9.17, 15) is 5.11 Å². The molecule has 0 saturated carbocycles. The van der Waals surface area contributed by atoms with E-state index in [-0.39, 0.29) is 12.0 Å². The lowest BCUT2D eigenvalue weighted by atomic mass is 9.78. The van der Waals surface area contributed by atoms with Gasteiger partial charge in [0.1, 0.15) is 6.10 Å². The lowest BCUT2D eigenvalue weighted by Crippen LogP contribution is -2.28. The SMILES string of the molecule is Cn1cc2c(n1)[C@@H](O)[C@@H]([C@@H]1c3ccccc3-c3cncn31)CC2. The molecular formula is C18H18N4O. The first-order chi connectivity index (χ1) is 11.2. The van der Waals surface area contributed by atoms with Crippen molar-refractivity contribution in [1.82, 2.24) is 19.3 Å². The minimum Gasteiger partial charge on any atom is -0.386 e. The highest BCUT2D eigenvalue weighted by Crippen LogP contribution is 2.49. The monoisotopic (exact) mass is 306 g/mol. The van der Waals surface area contributed by atoms with E-state index in [4.69, 9.17) is 0 Å². The zero-order chi connectivity index (χ0) is 15.6. The average Bonchev–Trinajstić information content (AvgIpc) is 3.22. The van der Waals surface area contributed by atoms with Gasteiger partial charge in [-0.15, -0.1) is 0 Å². The van der Waals surface area contributed by atoms with Crippen molar-refractivity contribution in [3.05, 3.63) is 59.8 Å². The number of aryl methyl sites for hydroxylation is 2. The number of aliphatic hydroxyl groups excluding tert-OH is 1. The Morgan fingerprint density at radius 2 is 2.13 bits per heavy atom. The van der Waals surface area contributed by atoms with E-state index in [0.717, 1.165) is 24.2 Å². The largest absolute Gasteiger partial charge is 0.386 e. The zero-order valence-electron chi connectivity index (χ0n) is 12.9. The van der Waals surface area contributed by atoms with E-state index in [1.807, 2.05) is 30.5 Å². The third-order valence-corrected chi connectivity index (χ3v) is 5.30. The van der Waals surface area contributed by atoms with Crippen LogP contribution in [0.3, 0.4) is 0 Å². The molecule has 3 heterocycles.